The minimum absolute atomic E-state index is 0.0754. The molecule has 1 atom stereocenters. The van der Waals surface area contributed by atoms with Gasteiger partial charge in [-0.1, -0.05) is 42.5 Å². The van der Waals surface area contributed by atoms with E-state index in [2.05, 4.69) is 10.6 Å². The second-order valence-corrected chi connectivity index (χ2v) is 8.80. The largest absolute Gasteiger partial charge is 0.418 e. The van der Waals surface area contributed by atoms with Gasteiger partial charge < -0.3 is 15.5 Å². The minimum atomic E-state index is -4.57. The smallest absolute Gasteiger partial charge is 0.350 e. The summed E-state index contributed by atoms with van der Waals surface area (Å²) in [5.41, 5.74) is -0.189. The lowest BCUT2D eigenvalue weighted by Crippen LogP contribution is -2.38. The van der Waals surface area contributed by atoms with Gasteiger partial charge in [0.25, 0.3) is 0 Å². The van der Waals surface area contributed by atoms with E-state index in [0.29, 0.717) is 32.6 Å². The number of hydrogen-bond acceptors (Lipinski definition) is 4. The Morgan fingerprint density at radius 2 is 1.58 bits per heavy atom. The Labute approximate surface area is 208 Å². The first kappa shape index (κ1) is 27.2. The van der Waals surface area contributed by atoms with Gasteiger partial charge in [-0.05, 0) is 31.0 Å². The standard InChI is InChI=1S/C26H31F3N4O3/c1-19(20-8-3-2-4-9-20)30-23(34)12-13-25(36)33-15-7-14-32(16-17-33)18-24(35)31-22-11-6-5-10-21(22)26(27,28)29/h2-6,8-11,19H,7,12-18H2,1H3,(H,30,34)(H,31,35). The van der Waals surface area contributed by atoms with Crippen molar-refractivity contribution < 1.29 is 27.6 Å². The molecule has 3 amide bonds. The Balaban J connectivity index is 1.43. The van der Waals surface area contributed by atoms with Gasteiger partial charge >= 0.3 is 6.18 Å². The number of nitrogens with one attached hydrogen (secondary N) is 2. The van der Waals surface area contributed by atoms with Crippen LogP contribution in [0.2, 0.25) is 0 Å². The fourth-order valence-electron chi connectivity index (χ4n) is 4.13. The number of hydrogen-bond donors (Lipinski definition) is 2. The van der Waals surface area contributed by atoms with Gasteiger partial charge in [0.05, 0.1) is 23.8 Å². The first-order valence-corrected chi connectivity index (χ1v) is 11.9. The van der Waals surface area contributed by atoms with Gasteiger partial charge in [-0.3, -0.25) is 19.3 Å². The second kappa shape index (κ2) is 12.5. The Morgan fingerprint density at radius 1 is 0.889 bits per heavy atom. The Bertz CT molecular complexity index is 1050. The van der Waals surface area contributed by atoms with Gasteiger partial charge in [-0.25, -0.2) is 0 Å². The van der Waals surface area contributed by atoms with Crippen LogP contribution >= 0.6 is 0 Å². The van der Waals surface area contributed by atoms with Crippen LogP contribution < -0.4 is 10.6 Å². The van der Waals surface area contributed by atoms with Crippen LogP contribution in [0.5, 0.6) is 0 Å². The van der Waals surface area contributed by atoms with Crippen molar-refractivity contribution in [3.63, 3.8) is 0 Å². The lowest BCUT2D eigenvalue weighted by Gasteiger charge is -2.22. The molecule has 3 rings (SSSR count). The monoisotopic (exact) mass is 504 g/mol. The number of rotatable bonds is 8. The van der Waals surface area contributed by atoms with Crippen LogP contribution in [0.3, 0.4) is 0 Å². The summed E-state index contributed by atoms with van der Waals surface area (Å²) in [4.78, 5) is 40.8. The number of carbonyl (C=O) groups is 3. The van der Waals surface area contributed by atoms with Crippen molar-refractivity contribution in [1.29, 1.82) is 0 Å². The van der Waals surface area contributed by atoms with E-state index in [-0.39, 0.29) is 42.9 Å². The van der Waals surface area contributed by atoms with E-state index in [0.717, 1.165) is 11.6 Å². The molecule has 10 heteroatoms. The summed E-state index contributed by atoms with van der Waals surface area (Å²) in [6.07, 6.45) is -3.78. The number of para-hydroxylation sites is 1. The van der Waals surface area contributed by atoms with Crippen LogP contribution in [0.25, 0.3) is 0 Å². The third kappa shape index (κ3) is 8.08. The molecule has 2 aromatic carbocycles. The maximum Gasteiger partial charge on any atom is 0.418 e. The van der Waals surface area contributed by atoms with Crippen molar-refractivity contribution >= 4 is 23.4 Å². The summed E-state index contributed by atoms with van der Waals surface area (Å²) in [5.74, 6) is -0.884. The average molecular weight is 505 g/mol. The van der Waals surface area contributed by atoms with Gasteiger partial charge in [-0.2, -0.15) is 13.2 Å². The summed E-state index contributed by atoms with van der Waals surface area (Å²) < 4.78 is 39.5. The maximum absolute atomic E-state index is 13.2. The van der Waals surface area contributed by atoms with E-state index < -0.39 is 17.6 Å². The summed E-state index contributed by atoms with van der Waals surface area (Å²) in [5, 5.41) is 5.25. The number of carbonyl (C=O) groups excluding carboxylic acids is 3. The van der Waals surface area contributed by atoms with Gasteiger partial charge in [-0.15, -0.1) is 0 Å². The van der Waals surface area contributed by atoms with Gasteiger partial charge in [0.2, 0.25) is 17.7 Å². The Morgan fingerprint density at radius 3 is 2.31 bits per heavy atom. The number of halogens is 3. The van der Waals surface area contributed by atoms with Crippen LogP contribution in [0.4, 0.5) is 18.9 Å². The van der Waals surface area contributed by atoms with Gasteiger partial charge in [0, 0.05) is 39.0 Å². The normalized spacial score (nSPS) is 15.6. The molecule has 194 valence electrons. The van der Waals surface area contributed by atoms with E-state index in [9.17, 15) is 27.6 Å². The van der Waals surface area contributed by atoms with Crippen LogP contribution in [0.15, 0.2) is 54.6 Å². The van der Waals surface area contributed by atoms with E-state index in [1.54, 1.807) is 4.90 Å². The summed E-state index contributed by atoms with van der Waals surface area (Å²) in [6, 6.07) is 14.2. The molecule has 2 N–H and O–H groups in total. The fraction of sp³-hybridized carbons (Fsp3) is 0.423. The zero-order chi connectivity index (χ0) is 26.1. The average Bonchev–Trinajstić information content (AvgIpc) is 3.08. The molecule has 0 bridgehead atoms. The van der Waals surface area contributed by atoms with E-state index in [4.69, 9.17) is 0 Å². The maximum atomic E-state index is 13.2. The number of benzene rings is 2. The third-order valence-electron chi connectivity index (χ3n) is 6.06. The molecule has 1 unspecified atom stereocenters. The van der Waals surface area contributed by atoms with Crippen molar-refractivity contribution in [2.24, 2.45) is 0 Å². The second-order valence-electron chi connectivity index (χ2n) is 8.80. The molecule has 0 spiro atoms. The molecule has 7 nitrogen and oxygen atoms in total. The van der Waals surface area contributed by atoms with Crippen molar-refractivity contribution in [1.82, 2.24) is 15.1 Å². The van der Waals surface area contributed by atoms with Crippen LogP contribution in [-0.4, -0.2) is 60.2 Å². The molecular formula is C26H31F3N4O3. The highest BCUT2D eigenvalue weighted by Gasteiger charge is 2.33. The number of anilines is 1. The molecule has 1 saturated heterocycles. The molecule has 1 fully saturated rings. The summed E-state index contributed by atoms with van der Waals surface area (Å²) in [6.45, 7) is 3.64. The van der Waals surface area contributed by atoms with E-state index in [1.807, 2.05) is 42.2 Å². The number of alkyl halides is 3. The minimum Gasteiger partial charge on any atom is -0.350 e. The van der Waals surface area contributed by atoms with Crippen LogP contribution in [0.1, 0.15) is 43.4 Å². The molecule has 1 heterocycles. The lowest BCUT2D eigenvalue weighted by molar-refractivity contribution is -0.137. The molecule has 2 aromatic rings. The SMILES string of the molecule is CC(NC(=O)CCC(=O)N1CCCN(CC(=O)Nc2ccccc2C(F)(F)F)CC1)c1ccccc1. The first-order chi connectivity index (χ1) is 17.1. The quantitative estimate of drug-likeness (QED) is 0.573. The molecule has 0 aromatic heterocycles. The van der Waals surface area contributed by atoms with Crippen molar-refractivity contribution in [2.75, 3.05) is 38.0 Å². The molecule has 1 aliphatic rings. The highest BCUT2D eigenvalue weighted by Crippen LogP contribution is 2.34. The molecular weight excluding hydrogens is 473 g/mol. The summed E-state index contributed by atoms with van der Waals surface area (Å²) >= 11 is 0. The lowest BCUT2D eigenvalue weighted by atomic mass is 10.1. The van der Waals surface area contributed by atoms with Crippen LogP contribution in [0, 0.1) is 0 Å². The summed E-state index contributed by atoms with van der Waals surface area (Å²) in [7, 11) is 0. The highest BCUT2D eigenvalue weighted by molar-refractivity contribution is 5.93. The predicted molar refractivity (Wildman–Crippen MR) is 130 cm³/mol. The van der Waals surface area contributed by atoms with Crippen molar-refractivity contribution in [3.8, 4) is 0 Å². The van der Waals surface area contributed by atoms with Crippen molar-refractivity contribution in [3.05, 3.63) is 65.7 Å². The van der Waals surface area contributed by atoms with Gasteiger partial charge in [0.1, 0.15) is 0 Å². The van der Waals surface area contributed by atoms with E-state index in [1.165, 1.54) is 18.2 Å². The Hall–Kier alpha value is -3.40. The number of amides is 3. The zero-order valence-corrected chi connectivity index (χ0v) is 20.2. The predicted octanol–water partition coefficient (Wildman–Crippen LogP) is 3.84. The zero-order valence-electron chi connectivity index (χ0n) is 20.2. The third-order valence-corrected chi connectivity index (χ3v) is 6.06. The molecule has 0 aliphatic carbocycles. The topological polar surface area (TPSA) is 81.8 Å². The molecule has 36 heavy (non-hydrogen) atoms. The van der Waals surface area contributed by atoms with Crippen molar-refractivity contribution in [2.45, 2.75) is 38.4 Å². The van der Waals surface area contributed by atoms with Crippen LogP contribution in [-0.2, 0) is 20.6 Å². The highest BCUT2D eigenvalue weighted by atomic mass is 19.4. The fourth-order valence-corrected chi connectivity index (χ4v) is 4.13. The van der Waals surface area contributed by atoms with Gasteiger partial charge in [0.15, 0.2) is 0 Å². The first-order valence-electron chi connectivity index (χ1n) is 11.9. The Kier molecular flexibility index (Phi) is 9.46. The molecule has 0 radical (unpaired) electrons. The number of nitrogens with zero attached hydrogens (tertiary/aromatic N) is 2. The molecule has 1 aliphatic heterocycles. The molecule has 0 saturated carbocycles. The van der Waals surface area contributed by atoms with E-state index >= 15 is 0 Å².